The zero-order valence-corrected chi connectivity index (χ0v) is 16.6. The van der Waals surface area contributed by atoms with Gasteiger partial charge in [0.25, 0.3) is 0 Å². The van der Waals surface area contributed by atoms with Crippen molar-refractivity contribution in [2.45, 2.75) is 52.5 Å². The maximum Gasteiger partial charge on any atom is 0.336 e. The number of rotatable bonds is 8. The molecule has 0 spiro atoms. The second-order valence-corrected chi connectivity index (χ2v) is 7.02. The van der Waals surface area contributed by atoms with Gasteiger partial charge in [0.1, 0.15) is 5.82 Å². The normalized spacial score (nSPS) is 12.1. The first-order valence-corrected chi connectivity index (χ1v) is 9.73. The average Bonchev–Trinajstić information content (AvgIpc) is 3.10. The summed E-state index contributed by atoms with van der Waals surface area (Å²) in [5.41, 5.74) is 2.83. The smallest absolute Gasteiger partial charge is 0.336 e. The molecule has 1 atom stereocenters. The van der Waals surface area contributed by atoms with Crippen LogP contribution >= 0.6 is 0 Å². The molecule has 0 aliphatic heterocycles. The summed E-state index contributed by atoms with van der Waals surface area (Å²) in [4.78, 5) is 20.3. The van der Waals surface area contributed by atoms with E-state index in [0.717, 1.165) is 42.2 Å². The van der Waals surface area contributed by atoms with Gasteiger partial charge in [-0.1, -0.05) is 45.0 Å². The first-order valence-electron chi connectivity index (χ1n) is 9.73. The van der Waals surface area contributed by atoms with Crippen molar-refractivity contribution in [2.24, 2.45) is 0 Å². The molecule has 2 aromatic heterocycles. The second kappa shape index (κ2) is 8.78. The van der Waals surface area contributed by atoms with Gasteiger partial charge in [-0.25, -0.2) is 14.5 Å². The third-order valence-corrected chi connectivity index (χ3v) is 4.93. The van der Waals surface area contributed by atoms with Crippen molar-refractivity contribution in [1.29, 1.82) is 0 Å². The summed E-state index contributed by atoms with van der Waals surface area (Å²) in [6.45, 7) is 7.29. The number of pyridine rings is 1. The van der Waals surface area contributed by atoms with E-state index in [0.29, 0.717) is 17.9 Å². The molecular formula is C22H26N4O2. The first kappa shape index (κ1) is 19.7. The number of hydrogen-bond acceptors (Lipinski definition) is 4. The summed E-state index contributed by atoms with van der Waals surface area (Å²) in [5, 5.41) is 14.1. The number of nitrogens with zero attached hydrogens (tertiary/aromatic N) is 4. The number of hydrogen-bond donors (Lipinski definition) is 1. The predicted molar refractivity (Wildman–Crippen MR) is 108 cm³/mol. The zero-order valence-electron chi connectivity index (χ0n) is 16.6. The van der Waals surface area contributed by atoms with Crippen molar-refractivity contribution >= 4 is 5.97 Å². The highest BCUT2D eigenvalue weighted by molar-refractivity contribution is 5.95. The van der Waals surface area contributed by atoms with Gasteiger partial charge in [-0.05, 0) is 30.0 Å². The zero-order chi connectivity index (χ0) is 20.1. The van der Waals surface area contributed by atoms with Crippen LogP contribution in [0.15, 0.2) is 42.7 Å². The Morgan fingerprint density at radius 2 is 1.93 bits per heavy atom. The van der Waals surface area contributed by atoms with E-state index in [-0.39, 0.29) is 5.56 Å². The lowest BCUT2D eigenvalue weighted by Crippen LogP contribution is -2.06. The summed E-state index contributed by atoms with van der Waals surface area (Å²) in [5.74, 6) is 1.27. The van der Waals surface area contributed by atoms with E-state index in [4.69, 9.17) is 10.1 Å². The fourth-order valence-electron chi connectivity index (χ4n) is 3.10. The van der Waals surface area contributed by atoms with Gasteiger partial charge in [-0.3, -0.25) is 4.98 Å². The minimum Gasteiger partial charge on any atom is -0.478 e. The molecule has 2 heterocycles. The van der Waals surface area contributed by atoms with Crippen LogP contribution in [0.2, 0.25) is 0 Å². The molecule has 28 heavy (non-hydrogen) atoms. The lowest BCUT2D eigenvalue weighted by atomic mass is 10.00. The summed E-state index contributed by atoms with van der Waals surface area (Å²) in [7, 11) is 0. The van der Waals surface area contributed by atoms with E-state index in [1.165, 1.54) is 12.3 Å². The SMILES string of the molecule is CCCn1nc(C(C)CC)nc1Cc1ccc(-c2cnccc2C(=O)O)cc1. The predicted octanol–water partition coefficient (Wildman–Crippen LogP) is 4.55. The van der Waals surface area contributed by atoms with Crippen molar-refractivity contribution in [3.63, 3.8) is 0 Å². The van der Waals surface area contributed by atoms with Crippen LogP contribution in [0.1, 0.15) is 67.1 Å². The maximum absolute atomic E-state index is 11.4. The van der Waals surface area contributed by atoms with Gasteiger partial charge in [0, 0.05) is 36.8 Å². The molecule has 0 amide bonds. The number of aryl methyl sites for hydroxylation is 1. The molecular weight excluding hydrogens is 352 g/mol. The number of carboxylic acid groups (broad SMARTS) is 1. The number of carbonyl (C=O) groups is 1. The number of benzene rings is 1. The Balaban J connectivity index is 1.85. The summed E-state index contributed by atoms with van der Waals surface area (Å²) in [6, 6.07) is 9.43. The molecule has 0 bridgehead atoms. The molecule has 146 valence electrons. The van der Waals surface area contributed by atoms with E-state index in [9.17, 15) is 9.90 Å². The highest BCUT2D eigenvalue weighted by Gasteiger charge is 2.15. The topological polar surface area (TPSA) is 80.9 Å². The van der Waals surface area contributed by atoms with E-state index in [1.54, 1.807) is 6.20 Å². The molecule has 6 nitrogen and oxygen atoms in total. The molecule has 6 heteroatoms. The molecule has 0 aliphatic rings. The Morgan fingerprint density at radius 3 is 2.57 bits per heavy atom. The molecule has 0 aliphatic carbocycles. The Hall–Kier alpha value is -3.02. The first-order chi connectivity index (χ1) is 13.5. The van der Waals surface area contributed by atoms with E-state index in [1.807, 2.05) is 28.9 Å². The lowest BCUT2D eigenvalue weighted by molar-refractivity contribution is 0.0697. The molecule has 0 radical (unpaired) electrons. The minimum absolute atomic E-state index is 0.253. The molecule has 0 saturated carbocycles. The highest BCUT2D eigenvalue weighted by atomic mass is 16.4. The van der Waals surface area contributed by atoms with E-state index >= 15 is 0 Å². The third-order valence-electron chi connectivity index (χ3n) is 4.93. The van der Waals surface area contributed by atoms with Gasteiger partial charge in [0.05, 0.1) is 5.56 Å². The minimum atomic E-state index is -0.952. The van der Waals surface area contributed by atoms with Crippen LogP contribution in [-0.2, 0) is 13.0 Å². The van der Waals surface area contributed by atoms with Gasteiger partial charge in [-0.15, -0.1) is 0 Å². The van der Waals surface area contributed by atoms with Crippen molar-refractivity contribution in [1.82, 2.24) is 19.7 Å². The van der Waals surface area contributed by atoms with Gasteiger partial charge in [-0.2, -0.15) is 5.10 Å². The van der Waals surface area contributed by atoms with Gasteiger partial charge >= 0.3 is 5.97 Å². The van der Waals surface area contributed by atoms with Crippen LogP contribution in [0.4, 0.5) is 0 Å². The summed E-state index contributed by atoms with van der Waals surface area (Å²) < 4.78 is 2.01. The number of carboxylic acids is 1. The Bertz CT molecular complexity index is 947. The molecule has 1 unspecified atom stereocenters. The Labute approximate surface area is 165 Å². The maximum atomic E-state index is 11.4. The summed E-state index contributed by atoms with van der Waals surface area (Å²) >= 11 is 0. The standard InChI is InChI=1S/C22H26N4O2/c1-4-12-26-20(24-21(25-26)15(3)5-2)13-16-6-8-17(9-7-16)19-14-23-11-10-18(19)22(27)28/h6-11,14-15H,4-5,12-13H2,1-3H3,(H,27,28). The van der Waals surface area contributed by atoms with Crippen molar-refractivity contribution in [3.8, 4) is 11.1 Å². The van der Waals surface area contributed by atoms with Crippen LogP contribution < -0.4 is 0 Å². The Morgan fingerprint density at radius 1 is 1.18 bits per heavy atom. The van der Waals surface area contributed by atoms with E-state index < -0.39 is 5.97 Å². The quantitative estimate of drug-likeness (QED) is 0.622. The Kier molecular flexibility index (Phi) is 6.19. The van der Waals surface area contributed by atoms with Crippen molar-refractivity contribution in [3.05, 3.63) is 65.5 Å². The third kappa shape index (κ3) is 4.27. The fourth-order valence-corrected chi connectivity index (χ4v) is 3.10. The molecule has 1 aromatic carbocycles. The van der Waals surface area contributed by atoms with Gasteiger partial charge < -0.3 is 5.11 Å². The monoisotopic (exact) mass is 378 g/mol. The largest absolute Gasteiger partial charge is 0.478 e. The molecule has 0 fully saturated rings. The van der Waals surface area contributed by atoms with Crippen LogP contribution in [-0.4, -0.2) is 30.8 Å². The van der Waals surface area contributed by atoms with Crippen molar-refractivity contribution < 1.29 is 9.90 Å². The molecule has 1 N–H and O–H groups in total. The number of aromatic nitrogens is 4. The van der Waals surface area contributed by atoms with Crippen LogP contribution in [0.5, 0.6) is 0 Å². The lowest BCUT2D eigenvalue weighted by Gasteiger charge is -2.08. The van der Waals surface area contributed by atoms with Gasteiger partial charge in [0.2, 0.25) is 0 Å². The van der Waals surface area contributed by atoms with Gasteiger partial charge in [0.15, 0.2) is 5.82 Å². The molecule has 3 aromatic rings. The molecule has 3 rings (SSSR count). The van der Waals surface area contributed by atoms with Crippen molar-refractivity contribution in [2.75, 3.05) is 0 Å². The summed E-state index contributed by atoms with van der Waals surface area (Å²) in [6.07, 6.45) is 5.81. The van der Waals surface area contributed by atoms with E-state index in [2.05, 4.69) is 25.8 Å². The average molecular weight is 378 g/mol. The number of aromatic carboxylic acids is 1. The van der Waals surface area contributed by atoms with Crippen LogP contribution in [0, 0.1) is 0 Å². The molecule has 0 saturated heterocycles. The van der Waals surface area contributed by atoms with Crippen LogP contribution in [0.3, 0.4) is 0 Å². The van der Waals surface area contributed by atoms with Crippen LogP contribution in [0.25, 0.3) is 11.1 Å². The second-order valence-electron chi connectivity index (χ2n) is 7.02. The fraction of sp³-hybridized carbons (Fsp3) is 0.364. The highest BCUT2D eigenvalue weighted by Crippen LogP contribution is 2.24.